The lowest BCUT2D eigenvalue weighted by Crippen LogP contribution is -2.51. The van der Waals surface area contributed by atoms with Crippen molar-refractivity contribution in [2.24, 2.45) is 0 Å². The van der Waals surface area contributed by atoms with Gasteiger partial charge in [0.05, 0.1) is 0 Å². The van der Waals surface area contributed by atoms with E-state index in [1.54, 1.807) is 20.1 Å². The minimum absolute atomic E-state index is 0. The summed E-state index contributed by atoms with van der Waals surface area (Å²) in [5, 5.41) is 5.94. The lowest BCUT2D eigenvalue weighted by atomic mass is 9.91. The number of methoxy groups -OCH3 is 1. The van der Waals surface area contributed by atoms with Crippen molar-refractivity contribution in [2.75, 3.05) is 25.5 Å². The first kappa shape index (κ1) is 16.9. The number of piperidine rings is 1. The van der Waals surface area contributed by atoms with Crippen LogP contribution in [0.4, 0.5) is 10.1 Å². The number of nitrogens with one attached hydrogen (secondary N) is 2. The summed E-state index contributed by atoms with van der Waals surface area (Å²) in [7, 11) is 1.54. The molecular weight excluding hydrogens is 283 g/mol. The number of amides is 1. The first-order valence-electron chi connectivity index (χ1n) is 6.40. The molecule has 0 saturated carbocycles. The van der Waals surface area contributed by atoms with Crippen LogP contribution in [0.3, 0.4) is 0 Å². The van der Waals surface area contributed by atoms with E-state index < -0.39 is 5.60 Å². The minimum atomic E-state index is -0.814. The number of hydrogen-bond donors (Lipinski definition) is 2. The molecule has 6 heteroatoms. The summed E-state index contributed by atoms with van der Waals surface area (Å²) in [5.74, 6) is -0.562. The largest absolute Gasteiger partial charge is 0.368 e. The third kappa shape index (κ3) is 3.69. The van der Waals surface area contributed by atoms with Crippen molar-refractivity contribution in [3.8, 4) is 0 Å². The molecule has 0 aromatic heterocycles. The fourth-order valence-corrected chi connectivity index (χ4v) is 2.41. The number of carbonyl (C=O) groups excluding carboxylic acids is 1. The predicted molar refractivity (Wildman–Crippen MR) is 78.9 cm³/mol. The molecule has 1 fully saturated rings. The molecule has 1 aromatic carbocycles. The van der Waals surface area contributed by atoms with Gasteiger partial charge in [0.1, 0.15) is 11.4 Å². The molecule has 0 unspecified atom stereocenters. The molecule has 1 saturated heterocycles. The predicted octanol–water partition coefficient (Wildman–Crippen LogP) is 2.26. The van der Waals surface area contributed by atoms with E-state index >= 15 is 0 Å². The minimum Gasteiger partial charge on any atom is -0.368 e. The van der Waals surface area contributed by atoms with Crippen LogP contribution >= 0.6 is 12.4 Å². The maximum Gasteiger partial charge on any atom is 0.256 e. The Bertz CT molecular complexity index is 456. The molecule has 1 amide bonds. The van der Waals surface area contributed by atoms with E-state index in [1.807, 2.05) is 0 Å². The van der Waals surface area contributed by atoms with Crippen molar-refractivity contribution in [2.45, 2.75) is 25.4 Å². The van der Waals surface area contributed by atoms with Crippen LogP contribution < -0.4 is 10.6 Å². The fourth-order valence-electron chi connectivity index (χ4n) is 2.41. The van der Waals surface area contributed by atoms with Gasteiger partial charge in [-0.2, -0.15) is 0 Å². The summed E-state index contributed by atoms with van der Waals surface area (Å²) in [5.41, 5.74) is 0.426. The normalized spacial score (nSPS) is 17.1. The van der Waals surface area contributed by atoms with Crippen molar-refractivity contribution in [1.29, 1.82) is 0 Å². The Balaban J connectivity index is 0.00000200. The van der Waals surface area contributed by atoms with Crippen LogP contribution in [0.15, 0.2) is 18.2 Å². The van der Waals surface area contributed by atoms with Crippen molar-refractivity contribution >= 4 is 24.0 Å². The van der Waals surface area contributed by atoms with E-state index in [1.165, 1.54) is 12.1 Å². The number of benzene rings is 1. The molecule has 2 rings (SSSR count). The van der Waals surface area contributed by atoms with Crippen LogP contribution in [0.1, 0.15) is 18.4 Å². The van der Waals surface area contributed by atoms with E-state index in [9.17, 15) is 9.18 Å². The molecule has 2 N–H and O–H groups in total. The summed E-state index contributed by atoms with van der Waals surface area (Å²) >= 11 is 0. The highest BCUT2D eigenvalue weighted by atomic mass is 35.5. The molecule has 20 heavy (non-hydrogen) atoms. The van der Waals surface area contributed by atoms with Gasteiger partial charge in [-0.05, 0) is 56.6 Å². The van der Waals surface area contributed by atoms with E-state index in [0.717, 1.165) is 18.7 Å². The summed E-state index contributed by atoms with van der Waals surface area (Å²) < 4.78 is 18.7. The van der Waals surface area contributed by atoms with E-state index in [2.05, 4.69) is 10.6 Å². The third-order valence-corrected chi connectivity index (χ3v) is 3.52. The molecule has 0 bridgehead atoms. The smallest absolute Gasteiger partial charge is 0.256 e. The standard InChI is InChI=1S/C14H19FN2O2.ClH/c1-10-7-11(15)9-12(8-10)17-13(18)14(19-2)3-5-16-6-4-14;/h7-9,16H,3-6H2,1-2H3,(H,17,18);1H. The number of anilines is 1. The SMILES string of the molecule is COC1(C(=O)Nc2cc(C)cc(F)c2)CCNCC1.Cl. The summed E-state index contributed by atoms with van der Waals surface area (Å²) in [6.07, 6.45) is 1.23. The van der Waals surface area contributed by atoms with Crippen molar-refractivity contribution < 1.29 is 13.9 Å². The Labute approximate surface area is 124 Å². The summed E-state index contributed by atoms with van der Waals surface area (Å²) in [6, 6.07) is 4.48. The maximum atomic E-state index is 13.3. The average molecular weight is 303 g/mol. The Morgan fingerprint density at radius 1 is 1.35 bits per heavy atom. The van der Waals surface area contributed by atoms with E-state index in [-0.39, 0.29) is 24.1 Å². The highest BCUT2D eigenvalue weighted by Gasteiger charge is 2.39. The monoisotopic (exact) mass is 302 g/mol. The number of halogens is 2. The van der Waals surface area contributed by atoms with E-state index in [4.69, 9.17) is 4.74 Å². The highest BCUT2D eigenvalue weighted by molar-refractivity contribution is 5.97. The molecule has 4 nitrogen and oxygen atoms in total. The number of hydrogen-bond acceptors (Lipinski definition) is 3. The topological polar surface area (TPSA) is 50.4 Å². The first-order chi connectivity index (χ1) is 9.05. The van der Waals surface area contributed by atoms with Crippen LogP contribution in [0.5, 0.6) is 0 Å². The Hall–Kier alpha value is -1.17. The molecule has 1 aliphatic heterocycles. The van der Waals surface area contributed by atoms with Gasteiger partial charge in [0, 0.05) is 12.8 Å². The van der Waals surface area contributed by atoms with Gasteiger partial charge in [-0.3, -0.25) is 4.79 Å². The summed E-state index contributed by atoms with van der Waals surface area (Å²) in [4.78, 5) is 12.4. The molecule has 112 valence electrons. The van der Waals surface area contributed by atoms with Crippen molar-refractivity contribution in [1.82, 2.24) is 5.32 Å². The van der Waals surface area contributed by atoms with Crippen LogP contribution in [-0.2, 0) is 9.53 Å². The Kier molecular flexibility index (Phi) is 5.92. The zero-order chi connectivity index (χ0) is 13.9. The van der Waals surface area contributed by atoms with Crippen LogP contribution in [0, 0.1) is 12.7 Å². The molecule has 0 spiro atoms. The lowest BCUT2D eigenvalue weighted by molar-refractivity contribution is -0.140. The van der Waals surface area contributed by atoms with Crippen molar-refractivity contribution in [3.05, 3.63) is 29.6 Å². The maximum absolute atomic E-state index is 13.3. The number of ether oxygens (including phenoxy) is 1. The molecule has 1 aliphatic rings. The van der Waals surface area contributed by atoms with Gasteiger partial charge in [0.2, 0.25) is 0 Å². The van der Waals surface area contributed by atoms with Gasteiger partial charge in [-0.25, -0.2) is 4.39 Å². The van der Waals surface area contributed by atoms with Crippen molar-refractivity contribution in [3.63, 3.8) is 0 Å². The first-order valence-corrected chi connectivity index (χ1v) is 6.40. The summed E-state index contributed by atoms with van der Waals surface area (Å²) in [6.45, 7) is 3.27. The van der Waals surface area contributed by atoms with E-state index in [0.29, 0.717) is 18.5 Å². The molecule has 1 aromatic rings. The van der Waals surface area contributed by atoms with Crippen LogP contribution in [0.25, 0.3) is 0 Å². The van der Waals surface area contributed by atoms with Gasteiger partial charge in [-0.1, -0.05) is 0 Å². The van der Waals surface area contributed by atoms with Gasteiger partial charge in [0.15, 0.2) is 0 Å². The zero-order valence-electron chi connectivity index (χ0n) is 11.7. The Morgan fingerprint density at radius 3 is 2.55 bits per heavy atom. The number of rotatable bonds is 3. The van der Waals surface area contributed by atoms with Gasteiger partial charge in [0.25, 0.3) is 5.91 Å². The molecule has 1 heterocycles. The second-order valence-corrected chi connectivity index (χ2v) is 4.92. The molecule has 0 atom stereocenters. The third-order valence-electron chi connectivity index (χ3n) is 3.52. The second kappa shape index (κ2) is 7.02. The molecular formula is C14H20ClFN2O2. The lowest BCUT2D eigenvalue weighted by Gasteiger charge is -2.34. The zero-order valence-corrected chi connectivity index (χ0v) is 12.5. The Morgan fingerprint density at radius 2 is 2.00 bits per heavy atom. The molecule has 0 radical (unpaired) electrons. The van der Waals surface area contributed by atoms with Crippen LogP contribution in [0.2, 0.25) is 0 Å². The van der Waals surface area contributed by atoms with Gasteiger partial charge in [-0.15, -0.1) is 12.4 Å². The van der Waals surface area contributed by atoms with Crippen LogP contribution in [-0.4, -0.2) is 31.7 Å². The van der Waals surface area contributed by atoms with Gasteiger partial charge < -0.3 is 15.4 Å². The number of carbonyl (C=O) groups is 1. The van der Waals surface area contributed by atoms with Gasteiger partial charge >= 0.3 is 0 Å². The fraction of sp³-hybridized carbons (Fsp3) is 0.500. The quantitative estimate of drug-likeness (QED) is 0.900. The molecule has 0 aliphatic carbocycles. The average Bonchev–Trinajstić information content (AvgIpc) is 2.38. The second-order valence-electron chi connectivity index (χ2n) is 4.92. The number of aryl methyl sites for hydroxylation is 1. The highest BCUT2D eigenvalue weighted by Crippen LogP contribution is 2.25.